The predicted molar refractivity (Wildman–Crippen MR) is 108 cm³/mol. The number of nitrogens with one attached hydrogen (secondary N) is 2. The van der Waals surface area contributed by atoms with Gasteiger partial charge in [-0.05, 0) is 55.7 Å². The molecule has 0 unspecified atom stereocenters. The molecule has 0 aliphatic heterocycles. The number of furan rings is 1. The summed E-state index contributed by atoms with van der Waals surface area (Å²) in [6.45, 7) is 1.34. The third-order valence-corrected chi connectivity index (χ3v) is 4.76. The van der Waals surface area contributed by atoms with Gasteiger partial charge < -0.3 is 19.8 Å². The molecule has 0 spiro atoms. The van der Waals surface area contributed by atoms with Gasteiger partial charge in [0.1, 0.15) is 17.1 Å². The Kier molecular flexibility index (Phi) is 5.02. The minimum atomic E-state index is -0.269. The molecule has 1 aromatic heterocycles. The normalized spacial score (nSPS) is 13.0. The summed E-state index contributed by atoms with van der Waals surface area (Å²) in [4.78, 5) is 23.4. The zero-order chi connectivity index (χ0) is 19.5. The Bertz CT molecular complexity index is 1040. The molecule has 2 aromatic carbocycles. The Morgan fingerprint density at radius 3 is 2.64 bits per heavy atom. The molecule has 2 N–H and O–H groups in total. The van der Waals surface area contributed by atoms with Crippen LogP contribution in [0.4, 0.5) is 11.4 Å². The van der Waals surface area contributed by atoms with Crippen LogP contribution in [-0.2, 0) is 22.4 Å². The van der Waals surface area contributed by atoms with Crippen LogP contribution in [0.25, 0.3) is 11.0 Å². The van der Waals surface area contributed by atoms with E-state index in [9.17, 15) is 9.59 Å². The lowest BCUT2D eigenvalue weighted by molar-refractivity contribution is -0.118. The van der Waals surface area contributed by atoms with E-state index in [0.29, 0.717) is 17.1 Å². The summed E-state index contributed by atoms with van der Waals surface area (Å²) in [6.07, 6.45) is 4.35. The Morgan fingerprint density at radius 2 is 1.82 bits per heavy atom. The molecule has 2 amide bonds. The third-order valence-electron chi connectivity index (χ3n) is 4.76. The highest BCUT2D eigenvalue weighted by Gasteiger charge is 2.18. The van der Waals surface area contributed by atoms with Crippen molar-refractivity contribution in [3.05, 3.63) is 53.8 Å². The van der Waals surface area contributed by atoms with Crippen molar-refractivity contribution in [2.24, 2.45) is 0 Å². The summed E-state index contributed by atoms with van der Waals surface area (Å²) in [5.41, 5.74) is 3.37. The van der Waals surface area contributed by atoms with E-state index in [0.717, 1.165) is 29.6 Å². The highest BCUT2D eigenvalue weighted by Crippen LogP contribution is 2.33. The molecule has 0 radical (unpaired) electrons. The first kappa shape index (κ1) is 18.1. The van der Waals surface area contributed by atoms with Gasteiger partial charge in [0.15, 0.2) is 6.61 Å². The largest absolute Gasteiger partial charge is 0.484 e. The van der Waals surface area contributed by atoms with Gasteiger partial charge in [0.25, 0.3) is 5.91 Å². The maximum absolute atomic E-state index is 12.2. The van der Waals surface area contributed by atoms with Gasteiger partial charge in [-0.1, -0.05) is 6.07 Å². The van der Waals surface area contributed by atoms with E-state index in [-0.39, 0.29) is 18.4 Å². The summed E-state index contributed by atoms with van der Waals surface area (Å²) < 4.78 is 11.6. The van der Waals surface area contributed by atoms with Crippen molar-refractivity contribution >= 4 is 34.2 Å². The van der Waals surface area contributed by atoms with E-state index >= 15 is 0 Å². The van der Waals surface area contributed by atoms with Gasteiger partial charge in [-0.15, -0.1) is 0 Å². The first-order valence-corrected chi connectivity index (χ1v) is 9.43. The van der Waals surface area contributed by atoms with Gasteiger partial charge in [-0.3, -0.25) is 9.59 Å². The van der Waals surface area contributed by atoms with Crippen LogP contribution in [0.3, 0.4) is 0 Å². The van der Waals surface area contributed by atoms with Gasteiger partial charge in [-0.25, -0.2) is 0 Å². The SMILES string of the molecule is CC(=O)Nc1cccc(NC(=O)COc2ccc3oc4c(c3c2)CCCC4)c1. The standard InChI is InChI=1S/C22H22N2O4/c1-14(25)23-15-5-4-6-16(11-15)24-22(26)13-27-17-9-10-21-19(12-17)18-7-2-3-8-20(18)28-21/h4-6,9-12H,2-3,7-8,13H2,1H3,(H,23,25)(H,24,26). The van der Waals surface area contributed by atoms with Crippen LogP contribution in [0.5, 0.6) is 5.75 Å². The fourth-order valence-corrected chi connectivity index (χ4v) is 3.56. The number of amides is 2. The maximum Gasteiger partial charge on any atom is 0.262 e. The van der Waals surface area contributed by atoms with E-state index in [1.54, 1.807) is 24.3 Å². The Hall–Kier alpha value is -3.28. The highest BCUT2D eigenvalue weighted by molar-refractivity contribution is 5.94. The zero-order valence-corrected chi connectivity index (χ0v) is 15.7. The molecule has 1 aliphatic carbocycles. The fourth-order valence-electron chi connectivity index (χ4n) is 3.56. The lowest BCUT2D eigenvalue weighted by Gasteiger charge is -2.10. The second-order valence-electron chi connectivity index (χ2n) is 6.97. The van der Waals surface area contributed by atoms with E-state index < -0.39 is 0 Å². The molecule has 1 aliphatic rings. The average Bonchev–Trinajstić information content (AvgIpc) is 3.04. The molecule has 0 atom stereocenters. The number of hydrogen-bond donors (Lipinski definition) is 2. The quantitative estimate of drug-likeness (QED) is 0.694. The van der Waals surface area contributed by atoms with E-state index in [2.05, 4.69) is 10.6 Å². The molecule has 3 aromatic rings. The van der Waals surface area contributed by atoms with E-state index in [1.807, 2.05) is 18.2 Å². The summed E-state index contributed by atoms with van der Waals surface area (Å²) in [7, 11) is 0. The van der Waals surface area contributed by atoms with E-state index in [1.165, 1.54) is 25.3 Å². The van der Waals surface area contributed by atoms with Crippen LogP contribution < -0.4 is 15.4 Å². The van der Waals surface area contributed by atoms with Crippen molar-refractivity contribution in [2.45, 2.75) is 32.6 Å². The molecular weight excluding hydrogens is 356 g/mol. The Morgan fingerprint density at radius 1 is 1.04 bits per heavy atom. The number of rotatable bonds is 5. The van der Waals surface area contributed by atoms with Crippen molar-refractivity contribution in [1.29, 1.82) is 0 Å². The van der Waals surface area contributed by atoms with Crippen LogP contribution in [0.15, 0.2) is 46.9 Å². The highest BCUT2D eigenvalue weighted by atomic mass is 16.5. The van der Waals surface area contributed by atoms with Gasteiger partial charge >= 0.3 is 0 Å². The van der Waals surface area contributed by atoms with Crippen LogP contribution in [0.2, 0.25) is 0 Å². The molecule has 0 saturated carbocycles. The molecule has 144 valence electrons. The molecule has 0 saturated heterocycles. The molecule has 4 rings (SSSR count). The molecule has 28 heavy (non-hydrogen) atoms. The summed E-state index contributed by atoms with van der Waals surface area (Å²) in [5.74, 6) is 1.29. The van der Waals surface area contributed by atoms with Crippen LogP contribution >= 0.6 is 0 Å². The smallest absolute Gasteiger partial charge is 0.262 e. The third kappa shape index (κ3) is 4.01. The number of aryl methyl sites for hydroxylation is 2. The second-order valence-corrected chi connectivity index (χ2v) is 6.97. The summed E-state index contributed by atoms with van der Waals surface area (Å²) in [6, 6.07) is 12.6. The number of carbonyl (C=O) groups is 2. The number of hydrogen-bond acceptors (Lipinski definition) is 4. The Balaban J connectivity index is 1.40. The molecule has 0 bridgehead atoms. The van der Waals surface area contributed by atoms with Crippen LogP contribution in [0, 0.1) is 0 Å². The van der Waals surface area contributed by atoms with E-state index in [4.69, 9.17) is 9.15 Å². The number of fused-ring (bicyclic) bond motifs is 3. The van der Waals surface area contributed by atoms with Gasteiger partial charge in [0, 0.05) is 35.7 Å². The number of benzene rings is 2. The minimum absolute atomic E-state index is 0.101. The number of carbonyl (C=O) groups excluding carboxylic acids is 2. The lowest BCUT2D eigenvalue weighted by Crippen LogP contribution is -2.20. The molecule has 0 fully saturated rings. The topological polar surface area (TPSA) is 80.6 Å². The molecule has 6 heteroatoms. The van der Waals surface area contributed by atoms with Crippen molar-refractivity contribution in [3.63, 3.8) is 0 Å². The van der Waals surface area contributed by atoms with Gasteiger partial charge in [-0.2, -0.15) is 0 Å². The first-order chi connectivity index (χ1) is 13.6. The summed E-state index contributed by atoms with van der Waals surface area (Å²) in [5, 5.41) is 6.54. The number of anilines is 2. The Labute approximate surface area is 162 Å². The molecular formula is C22H22N2O4. The zero-order valence-electron chi connectivity index (χ0n) is 15.7. The van der Waals surface area contributed by atoms with Crippen molar-refractivity contribution in [2.75, 3.05) is 17.2 Å². The lowest BCUT2D eigenvalue weighted by atomic mass is 9.96. The maximum atomic E-state index is 12.2. The van der Waals surface area contributed by atoms with Crippen LogP contribution in [-0.4, -0.2) is 18.4 Å². The second kappa shape index (κ2) is 7.76. The van der Waals surface area contributed by atoms with Gasteiger partial charge in [0.2, 0.25) is 5.91 Å². The average molecular weight is 378 g/mol. The monoisotopic (exact) mass is 378 g/mol. The predicted octanol–water partition coefficient (Wildman–Crippen LogP) is 4.29. The van der Waals surface area contributed by atoms with Crippen molar-refractivity contribution in [1.82, 2.24) is 0 Å². The fraction of sp³-hybridized carbons (Fsp3) is 0.273. The van der Waals surface area contributed by atoms with Crippen LogP contribution in [0.1, 0.15) is 31.1 Å². The molecule has 6 nitrogen and oxygen atoms in total. The van der Waals surface area contributed by atoms with Crippen molar-refractivity contribution < 1.29 is 18.7 Å². The number of ether oxygens (including phenoxy) is 1. The first-order valence-electron chi connectivity index (χ1n) is 9.43. The summed E-state index contributed by atoms with van der Waals surface area (Å²) >= 11 is 0. The van der Waals surface area contributed by atoms with Gasteiger partial charge in [0.05, 0.1) is 0 Å². The van der Waals surface area contributed by atoms with Crippen molar-refractivity contribution in [3.8, 4) is 5.75 Å². The molecule has 1 heterocycles. The minimum Gasteiger partial charge on any atom is -0.484 e.